The maximum absolute atomic E-state index is 12.8. The number of anilines is 1. The van der Waals surface area contributed by atoms with Crippen molar-refractivity contribution in [3.05, 3.63) is 59.7 Å². The average molecular weight is 484 g/mol. The summed E-state index contributed by atoms with van der Waals surface area (Å²) in [6, 6.07) is 13.1. The van der Waals surface area contributed by atoms with Gasteiger partial charge in [-0.1, -0.05) is 24.3 Å². The van der Waals surface area contributed by atoms with E-state index in [1.165, 1.54) is 19.9 Å². The predicted molar refractivity (Wildman–Crippen MR) is 125 cm³/mol. The predicted octanol–water partition coefficient (Wildman–Crippen LogP) is 2.62. The number of carbonyl (C=O) groups excluding carboxylic acids is 3. The van der Waals surface area contributed by atoms with E-state index in [0.29, 0.717) is 42.0 Å². The Bertz CT molecular complexity index is 1290. The Morgan fingerprint density at radius 2 is 1.91 bits per heavy atom. The fourth-order valence-corrected chi connectivity index (χ4v) is 5.29. The number of nitrogens with zero attached hydrogens (tertiary/aromatic N) is 2. The van der Waals surface area contributed by atoms with Gasteiger partial charge < -0.3 is 15.0 Å². The number of amidine groups is 1. The topological polar surface area (TPSA) is 122 Å². The number of Topliss-reactive ketones (excluding diaryl/α,β-unsaturated/α-hetero) is 1. The van der Waals surface area contributed by atoms with Crippen LogP contribution in [0, 0.1) is 5.92 Å². The van der Waals surface area contributed by atoms with Gasteiger partial charge >= 0.3 is 5.97 Å². The summed E-state index contributed by atoms with van der Waals surface area (Å²) in [6.45, 7) is 3.72. The van der Waals surface area contributed by atoms with Gasteiger partial charge in [0.2, 0.25) is 0 Å². The van der Waals surface area contributed by atoms with Gasteiger partial charge in [0.1, 0.15) is 4.90 Å². The summed E-state index contributed by atoms with van der Waals surface area (Å²) in [6.07, 6.45) is 0.166. The van der Waals surface area contributed by atoms with Crippen LogP contribution in [-0.2, 0) is 24.3 Å². The Labute approximate surface area is 197 Å². The monoisotopic (exact) mass is 483 g/mol. The number of nitrogens with one attached hydrogen (secondary N) is 1. The van der Waals surface area contributed by atoms with Crippen LogP contribution < -0.4 is 5.32 Å². The third kappa shape index (κ3) is 4.86. The molecule has 1 amide bonds. The molecule has 2 aliphatic heterocycles. The second-order valence-corrected chi connectivity index (χ2v) is 9.95. The highest BCUT2D eigenvalue weighted by Crippen LogP contribution is 2.30. The summed E-state index contributed by atoms with van der Waals surface area (Å²) in [7, 11) is -3.75. The van der Waals surface area contributed by atoms with Crippen molar-refractivity contribution in [2.45, 2.75) is 37.7 Å². The molecule has 0 aromatic heterocycles. The Kier molecular flexibility index (Phi) is 6.52. The van der Waals surface area contributed by atoms with Gasteiger partial charge in [0.05, 0.1) is 5.92 Å². The highest BCUT2D eigenvalue weighted by molar-refractivity contribution is 7.90. The maximum atomic E-state index is 12.8. The van der Waals surface area contributed by atoms with Crippen LogP contribution in [0.1, 0.15) is 42.6 Å². The standard InChI is InChI=1S/C24H25N3O6S/c1-15(28)17-7-5-9-19(13-17)25-23(29)16(2)33-24(30)18-8-6-12-27(14-18)22-20-10-3-4-11-21(20)34(31,32)26-22/h3-5,7,9-11,13,16,18H,6,8,12,14H2,1-2H3,(H,25,29)/t16-,18+/m0/s1. The second-order valence-electron chi connectivity index (χ2n) is 8.38. The number of fused-ring (bicyclic) bond motifs is 1. The minimum absolute atomic E-state index is 0.125. The molecule has 2 heterocycles. The minimum atomic E-state index is -3.75. The molecule has 0 aliphatic carbocycles. The van der Waals surface area contributed by atoms with Gasteiger partial charge in [-0.2, -0.15) is 8.42 Å². The number of ketones is 1. The number of hydrogen-bond acceptors (Lipinski definition) is 7. The van der Waals surface area contributed by atoms with Gasteiger partial charge in [0.15, 0.2) is 17.7 Å². The van der Waals surface area contributed by atoms with Gasteiger partial charge in [0.25, 0.3) is 15.9 Å². The van der Waals surface area contributed by atoms with E-state index in [0.717, 1.165) is 0 Å². The zero-order chi connectivity index (χ0) is 24.5. The number of piperidine rings is 1. The Morgan fingerprint density at radius 3 is 2.68 bits per heavy atom. The number of hydrogen-bond donors (Lipinski definition) is 1. The summed E-state index contributed by atoms with van der Waals surface area (Å²) in [5, 5.41) is 2.65. The number of likely N-dealkylation sites (tertiary alicyclic amines) is 1. The molecule has 2 aromatic carbocycles. The molecule has 2 atom stereocenters. The van der Waals surface area contributed by atoms with Crippen LogP contribution in [0.15, 0.2) is 57.8 Å². The third-order valence-electron chi connectivity index (χ3n) is 5.87. The molecule has 2 aliphatic rings. The fraction of sp³-hybridized carbons (Fsp3) is 0.333. The van der Waals surface area contributed by atoms with Gasteiger partial charge in [-0.3, -0.25) is 14.4 Å². The molecule has 1 fully saturated rings. The molecule has 1 saturated heterocycles. The second kappa shape index (κ2) is 9.38. The zero-order valence-corrected chi connectivity index (χ0v) is 19.7. The highest BCUT2D eigenvalue weighted by Gasteiger charge is 2.36. The van der Waals surface area contributed by atoms with Crippen LogP contribution in [0.2, 0.25) is 0 Å². The van der Waals surface area contributed by atoms with E-state index in [1.807, 2.05) is 0 Å². The molecule has 34 heavy (non-hydrogen) atoms. The third-order valence-corrected chi connectivity index (χ3v) is 7.19. The molecule has 10 heteroatoms. The van der Waals surface area contributed by atoms with E-state index in [9.17, 15) is 22.8 Å². The van der Waals surface area contributed by atoms with Crippen molar-refractivity contribution in [1.82, 2.24) is 4.90 Å². The molecule has 4 rings (SSSR count). The first-order valence-corrected chi connectivity index (χ1v) is 12.4. The molecule has 1 N–H and O–H groups in total. The van der Waals surface area contributed by atoms with Crippen LogP contribution in [0.25, 0.3) is 0 Å². The largest absolute Gasteiger partial charge is 0.452 e. The van der Waals surface area contributed by atoms with E-state index in [2.05, 4.69) is 9.71 Å². The first kappa shape index (κ1) is 23.6. The average Bonchev–Trinajstić information content (AvgIpc) is 3.10. The van der Waals surface area contributed by atoms with Gasteiger partial charge in [-0.25, -0.2) is 0 Å². The molecule has 0 radical (unpaired) electrons. The van der Waals surface area contributed by atoms with Crippen molar-refractivity contribution < 1.29 is 27.5 Å². The van der Waals surface area contributed by atoms with Crippen LogP contribution in [-0.4, -0.2) is 56.0 Å². The van der Waals surface area contributed by atoms with E-state index >= 15 is 0 Å². The number of esters is 1. The smallest absolute Gasteiger partial charge is 0.311 e. The highest BCUT2D eigenvalue weighted by atomic mass is 32.2. The molecule has 178 valence electrons. The Morgan fingerprint density at radius 1 is 1.15 bits per heavy atom. The molecule has 9 nitrogen and oxygen atoms in total. The van der Waals surface area contributed by atoms with Crippen LogP contribution in [0.4, 0.5) is 5.69 Å². The lowest BCUT2D eigenvalue weighted by atomic mass is 9.97. The van der Waals surface area contributed by atoms with Gasteiger partial charge in [-0.05, 0) is 51.0 Å². The lowest BCUT2D eigenvalue weighted by Gasteiger charge is -2.33. The first-order valence-electron chi connectivity index (χ1n) is 11.0. The molecule has 0 saturated carbocycles. The first-order chi connectivity index (χ1) is 16.2. The van der Waals surface area contributed by atoms with Crippen molar-refractivity contribution in [3.63, 3.8) is 0 Å². The summed E-state index contributed by atoms with van der Waals surface area (Å²) in [5.74, 6) is -1.35. The molecular weight excluding hydrogens is 458 g/mol. The number of benzene rings is 2. The number of carbonyl (C=O) groups is 3. The van der Waals surface area contributed by atoms with E-state index < -0.39 is 33.9 Å². The lowest BCUT2D eigenvalue weighted by molar-refractivity contribution is -0.158. The quantitative estimate of drug-likeness (QED) is 0.512. The molecule has 0 spiro atoms. The minimum Gasteiger partial charge on any atom is -0.452 e. The fourth-order valence-electron chi connectivity index (χ4n) is 4.06. The number of amides is 1. The SMILES string of the molecule is CC(=O)c1cccc(NC(=O)[C@H](C)OC(=O)[C@@H]2CCCN(C3=NS(=O)(=O)c4ccccc43)C2)c1. The van der Waals surface area contributed by atoms with E-state index in [1.54, 1.807) is 47.4 Å². The maximum Gasteiger partial charge on any atom is 0.311 e. The van der Waals surface area contributed by atoms with Crippen molar-refractivity contribution >= 4 is 39.2 Å². The Balaban J connectivity index is 1.39. The normalized spacial score (nSPS) is 19.5. The summed E-state index contributed by atoms with van der Waals surface area (Å²) < 4.78 is 34.1. The molecular formula is C24H25N3O6S. The summed E-state index contributed by atoms with van der Waals surface area (Å²) in [4.78, 5) is 38.8. The number of sulfonamides is 1. The molecule has 0 bridgehead atoms. The zero-order valence-electron chi connectivity index (χ0n) is 18.9. The van der Waals surface area contributed by atoms with Crippen LogP contribution >= 0.6 is 0 Å². The van der Waals surface area contributed by atoms with E-state index in [-0.39, 0.29) is 17.2 Å². The Hall–Kier alpha value is -3.53. The van der Waals surface area contributed by atoms with Crippen LogP contribution in [0.3, 0.4) is 0 Å². The van der Waals surface area contributed by atoms with Crippen molar-refractivity contribution in [2.24, 2.45) is 10.3 Å². The van der Waals surface area contributed by atoms with Crippen molar-refractivity contribution in [2.75, 3.05) is 18.4 Å². The van der Waals surface area contributed by atoms with Crippen LogP contribution in [0.5, 0.6) is 0 Å². The van der Waals surface area contributed by atoms with Gasteiger partial charge in [-0.15, -0.1) is 4.40 Å². The number of rotatable bonds is 5. The lowest BCUT2D eigenvalue weighted by Crippen LogP contribution is -2.44. The van der Waals surface area contributed by atoms with E-state index in [4.69, 9.17) is 4.74 Å². The van der Waals surface area contributed by atoms with Crippen molar-refractivity contribution in [1.29, 1.82) is 0 Å². The number of ether oxygens (including phenoxy) is 1. The van der Waals surface area contributed by atoms with Crippen molar-refractivity contribution in [3.8, 4) is 0 Å². The summed E-state index contributed by atoms with van der Waals surface area (Å²) in [5.41, 5.74) is 1.42. The molecule has 2 aromatic rings. The summed E-state index contributed by atoms with van der Waals surface area (Å²) >= 11 is 0. The molecule has 0 unspecified atom stereocenters. The van der Waals surface area contributed by atoms with Gasteiger partial charge in [0, 0.05) is 29.9 Å².